The van der Waals surface area contributed by atoms with E-state index in [0.717, 1.165) is 24.3 Å². The van der Waals surface area contributed by atoms with Crippen LogP contribution in [0.5, 0.6) is 5.75 Å². The van der Waals surface area contributed by atoms with E-state index < -0.39 is 28.8 Å². The molecule has 1 heterocycles. The lowest BCUT2D eigenvalue weighted by atomic mass is 9.89. The van der Waals surface area contributed by atoms with E-state index in [-0.39, 0.29) is 50.3 Å². The van der Waals surface area contributed by atoms with E-state index in [1.165, 1.54) is 25.1 Å². The van der Waals surface area contributed by atoms with Crippen LogP contribution in [-0.4, -0.2) is 22.0 Å². The SMILES string of the molecule is CC(=O)c1ccc(C(=O)O)c(-c2c3cc(F)c(=O)cc-3oc3cc(O)c(F)cc23)c1. The number of aromatic carboxylic acids is 1. The molecule has 2 aromatic carbocycles. The first-order chi connectivity index (χ1) is 14.2. The molecule has 0 bridgehead atoms. The van der Waals surface area contributed by atoms with Gasteiger partial charge in [-0.2, -0.15) is 0 Å². The molecule has 0 aromatic heterocycles. The fourth-order valence-electron chi connectivity index (χ4n) is 3.35. The molecule has 6 nitrogen and oxygen atoms in total. The van der Waals surface area contributed by atoms with Crippen molar-refractivity contribution in [2.24, 2.45) is 0 Å². The second-order valence-electron chi connectivity index (χ2n) is 6.68. The number of halogens is 2. The summed E-state index contributed by atoms with van der Waals surface area (Å²) in [5, 5.41) is 19.4. The summed E-state index contributed by atoms with van der Waals surface area (Å²) in [4.78, 5) is 35.5. The molecule has 0 unspecified atom stereocenters. The van der Waals surface area contributed by atoms with Crippen molar-refractivity contribution in [1.82, 2.24) is 0 Å². The third-order valence-electron chi connectivity index (χ3n) is 4.77. The maximum absolute atomic E-state index is 14.2. The number of rotatable bonds is 3. The van der Waals surface area contributed by atoms with Crippen LogP contribution < -0.4 is 5.43 Å². The Balaban J connectivity index is 2.27. The average Bonchev–Trinajstić information content (AvgIpc) is 2.68. The Kier molecular flexibility index (Phi) is 4.34. The molecule has 0 atom stereocenters. The molecule has 8 heteroatoms. The minimum absolute atomic E-state index is 0.00383. The van der Waals surface area contributed by atoms with Crippen molar-refractivity contribution in [2.45, 2.75) is 6.92 Å². The molecule has 0 amide bonds. The molecule has 150 valence electrons. The van der Waals surface area contributed by atoms with Gasteiger partial charge in [0.2, 0.25) is 5.43 Å². The Hall–Kier alpha value is -4.07. The molecule has 1 aliphatic carbocycles. The highest BCUT2D eigenvalue weighted by Crippen LogP contribution is 2.43. The second-order valence-corrected chi connectivity index (χ2v) is 6.68. The van der Waals surface area contributed by atoms with Crippen LogP contribution in [0.3, 0.4) is 0 Å². The summed E-state index contributed by atoms with van der Waals surface area (Å²) in [5.74, 6) is -4.63. The quantitative estimate of drug-likeness (QED) is 0.382. The lowest BCUT2D eigenvalue weighted by molar-refractivity contribution is 0.0697. The predicted molar refractivity (Wildman–Crippen MR) is 103 cm³/mol. The van der Waals surface area contributed by atoms with Crippen LogP contribution >= 0.6 is 0 Å². The predicted octanol–water partition coefficient (Wildman–Crippen LogP) is 4.45. The number of carboxylic acids is 1. The monoisotopic (exact) mass is 410 g/mol. The number of benzene rings is 3. The number of hydrogen-bond donors (Lipinski definition) is 2. The van der Waals surface area contributed by atoms with Gasteiger partial charge in [-0.25, -0.2) is 13.6 Å². The number of ketones is 1. The lowest BCUT2D eigenvalue weighted by Gasteiger charge is -2.17. The summed E-state index contributed by atoms with van der Waals surface area (Å²) in [6, 6.07) is 7.47. The molecule has 2 N–H and O–H groups in total. The van der Waals surface area contributed by atoms with Gasteiger partial charge in [-0.15, -0.1) is 0 Å². The van der Waals surface area contributed by atoms with Crippen LogP contribution in [-0.2, 0) is 0 Å². The highest BCUT2D eigenvalue weighted by Gasteiger charge is 2.24. The first-order valence-electron chi connectivity index (χ1n) is 8.64. The van der Waals surface area contributed by atoms with E-state index in [4.69, 9.17) is 4.42 Å². The number of Topliss-reactive ketones (excluding diaryl/α,β-unsaturated/α-hetero) is 1. The molecule has 0 saturated heterocycles. The van der Waals surface area contributed by atoms with Gasteiger partial charge in [0.25, 0.3) is 0 Å². The summed E-state index contributed by atoms with van der Waals surface area (Å²) in [7, 11) is 0. The number of carboxylic acid groups (broad SMARTS) is 1. The van der Waals surface area contributed by atoms with Crippen LogP contribution in [0.2, 0.25) is 0 Å². The summed E-state index contributed by atoms with van der Waals surface area (Å²) in [6.07, 6.45) is 0. The molecular weight excluding hydrogens is 398 g/mol. The van der Waals surface area contributed by atoms with Gasteiger partial charge in [0.1, 0.15) is 11.3 Å². The number of aromatic hydroxyl groups is 1. The van der Waals surface area contributed by atoms with Crippen molar-refractivity contribution >= 4 is 22.7 Å². The van der Waals surface area contributed by atoms with Gasteiger partial charge in [0.15, 0.2) is 23.2 Å². The summed E-state index contributed by atoms with van der Waals surface area (Å²) in [5.41, 5.74) is -1.02. The van der Waals surface area contributed by atoms with Gasteiger partial charge in [0, 0.05) is 34.2 Å². The molecule has 30 heavy (non-hydrogen) atoms. The molecule has 2 aliphatic rings. The van der Waals surface area contributed by atoms with E-state index in [1.807, 2.05) is 0 Å². The third kappa shape index (κ3) is 2.98. The van der Waals surface area contributed by atoms with Crippen molar-refractivity contribution in [1.29, 1.82) is 0 Å². The average molecular weight is 410 g/mol. The van der Waals surface area contributed by atoms with Gasteiger partial charge in [0.05, 0.1) is 5.56 Å². The van der Waals surface area contributed by atoms with Crippen molar-refractivity contribution in [2.75, 3.05) is 0 Å². The third-order valence-corrected chi connectivity index (χ3v) is 4.77. The van der Waals surface area contributed by atoms with Crippen LogP contribution in [0.25, 0.3) is 33.4 Å². The minimum Gasteiger partial charge on any atom is -0.505 e. The molecule has 0 fully saturated rings. The minimum atomic E-state index is -1.33. The molecule has 4 rings (SSSR count). The zero-order chi connectivity index (χ0) is 21.7. The van der Waals surface area contributed by atoms with Crippen LogP contribution in [0.4, 0.5) is 8.78 Å². The van der Waals surface area contributed by atoms with Gasteiger partial charge in [-0.1, -0.05) is 6.07 Å². The number of phenols is 1. The topological polar surface area (TPSA) is 105 Å². The summed E-state index contributed by atoms with van der Waals surface area (Å²) >= 11 is 0. The van der Waals surface area contributed by atoms with Crippen molar-refractivity contribution < 1.29 is 33.0 Å². The van der Waals surface area contributed by atoms with Crippen molar-refractivity contribution in [3.8, 4) is 28.2 Å². The number of carbonyl (C=O) groups is 2. The molecular formula is C22H12F2O6. The first-order valence-corrected chi connectivity index (χ1v) is 8.64. The van der Waals surface area contributed by atoms with E-state index in [1.54, 1.807) is 0 Å². The fourth-order valence-corrected chi connectivity index (χ4v) is 3.35. The number of fused-ring (bicyclic) bond motifs is 2. The van der Waals surface area contributed by atoms with Crippen molar-refractivity contribution in [3.63, 3.8) is 0 Å². The Labute approximate surface area is 167 Å². The molecule has 0 radical (unpaired) electrons. The van der Waals surface area contributed by atoms with Crippen molar-refractivity contribution in [3.05, 3.63) is 75.4 Å². The van der Waals surface area contributed by atoms with E-state index in [0.29, 0.717) is 0 Å². The highest BCUT2D eigenvalue weighted by atomic mass is 19.1. The molecule has 1 aliphatic heterocycles. The van der Waals surface area contributed by atoms with Crippen LogP contribution in [0.1, 0.15) is 27.6 Å². The van der Waals surface area contributed by atoms with Gasteiger partial charge < -0.3 is 14.6 Å². The number of carbonyl (C=O) groups excluding carboxylic acids is 1. The standard InChI is InChI=1S/C22H12F2O6/c1-9(25)10-2-3-11(22(28)29)12(4-10)21-13-5-15(23)17(26)7-19(13)30-20-8-18(27)16(24)6-14(20)21/h2-8,26H,1H3,(H,28,29). The molecule has 2 aromatic rings. The smallest absolute Gasteiger partial charge is 0.336 e. The molecule has 0 saturated carbocycles. The van der Waals surface area contributed by atoms with E-state index in [9.17, 15) is 33.4 Å². The summed E-state index contributed by atoms with van der Waals surface area (Å²) < 4.78 is 33.8. The Morgan fingerprint density at radius 3 is 2.37 bits per heavy atom. The Morgan fingerprint density at radius 2 is 1.70 bits per heavy atom. The zero-order valence-electron chi connectivity index (χ0n) is 15.3. The number of hydrogen-bond acceptors (Lipinski definition) is 5. The Morgan fingerprint density at radius 1 is 0.967 bits per heavy atom. The highest BCUT2D eigenvalue weighted by molar-refractivity contribution is 6.09. The number of phenolic OH excluding ortho intramolecular Hbond substituents is 1. The van der Waals surface area contributed by atoms with Gasteiger partial charge in [-0.3, -0.25) is 9.59 Å². The largest absolute Gasteiger partial charge is 0.505 e. The maximum atomic E-state index is 14.2. The van der Waals surface area contributed by atoms with Crippen LogP contribution in [0, 0.1) is 11.6 Å². The Bertz CT molecular complexity index is 1400. The van der Waals surface area contributed by atoms with Crippen LogP contribution in [0.15, 0.2) is 51.7 Å². The summed E-state index contributed by atoms with van der Waals surface area (Å²) in [6.45, 7) is 1.29. The maximum Gasteiger partial charge on any atom is 0.336 e. The van der Waals surface area contributed by atoms with Gasteiger partial charge in [-0.05, 0) is 36.8 Å². The van der Waals surface area contributed by atoms with Gasteiger partial charge >= 0.3 is 5.97 Å². The lowest BCUT2D eigenvalue weighted by Crippen LogP contribution is -2.08. The zero-order valence-corrected chi connectivity index (χ0v) is 15.3. The molecule has 0 spiro atoms. The normalized spacial score (nSPS) is 11.2. The fraction of sp³-hybridized carbons (Fsp3) is 0.0455. The first kappa shape index (κ1) is 19.3. The van der Waals surface area contributed by atoms with E-state index in [2.05, 4.69) is 0 Å². The van der Waals surface area contributed by atoms with E-state index >= 15 is 0 Å². The second kappa shape index (κ2) is 6.77.